The maximum Gasteiger partial charge on any atom is 0.138 e. The molecule has 0 rings (SSSR count). The van der Waals surface area contributed by atoms with Crippen LogP contribution in [0, 0.1) is 0 Å². The Morgan fingerprint density at radius 1 is 0.917 bits per heavy atom. The van der Waals surface area contributed by atoms with Gasteiger partial charge in [-0.3, -0.25) is 5.11 Å². The highest BCUT2D eigenvalue weighted by Crippen LogP contribution is 2.04. The SMILES string of the molecule is CC/C=C/CCCCC/C=C/[O]. The van der Waals surface area contributed by atoms with Crippen molar-refractivity contribution in [2.45, 2.75) is 45.4 Å². The van der Waals surface area contributed by atoms with Crippen molar-refractivity contribution in [3.05, 3.63) is 24.5 Å². The predicted molar refractivity (Wildman–Crippen MR) is 52.3 cm³/mol. The first-order chi connectivity index (χ1) is 5.91. The van der Waals surface area contributed by atoms with E-state index in [1.165, 1.54) is 19.3 Å². The van der Waals surface area contributed by atoms with Crippen LogP contribution < -0.4 is 0 Å². The Balaban J connectivity index is 2.95. The van der Waals surface area contributed by atoms with E-state index in [2.05, 4.69) is 19.1 Å². The van der Waals surface area contributed by atoms with Crippen LogP contribution in [0.5, 0.6) is 0 Å². The van der Waals surface area contributed by atoms with Crippen molar-refractivity contribution < 1.29 is 5.11 Å². The zero-order chi connectivity index (χ0) is 9.07. The van der Waals surface area contributed by atoms with Crippen molar-refractivity contribution in [3.63, 3.8) is 0 Å². The van der Waals surface area contributed by atoms with E-state index in [-0.39, 0.29) is 0 Å². The second-order valence-electron chi connectivity index (χ2n) is 2.89. The number of hydrogen-bond acceptors (Lipinski definition) is 0. The van der Waals surface area contributed by atoms with E-state index in [9.17, 15) is 5.11 Å². The number of unbranched alkanes of at least 4 members (excludes halogenated alkanes) is 4. The molecule has 0 aliphatic carbocycles. The van der Waals surface area contributed by atoms with Crippen LogP contribution in [0.25, 0.3) is 0 Å². The van der Waals surface area contributed by atoms with Gasteiger partial charge < -0.3 is 0 Å². The normalized spacial score (nSPS) is 11.8. The van der Waals surface area contributed by atoms with Crippen molar-refractivity contribution in [2.75, 3.05) is 0 Å². The number of hydrogen-bond donors (Lipinski definition) is 0. The molecule has 1 radical (unpaired) electrons. The summed E-state index contributed by atoms with van der Waals surface area (Å²) in [5, 5.41) is 9.91. The summed E-state index contributed by atoms with van der Waals surface area (Å²) in [4.78, 5) is 0. The molecule has 0 fully saturated rings. The molecule has 0 spiro atoms. The van der Waals surface area contributed by atoms with E-state index in [1.54, 1.807) is 6.08 Å². The van der Waals surface area contributed by atoms with E-state index >= 15 is 0 Å². The van der Waals surface area contributed by atoms with Crippen LogP contribution in [-0.4, -0.2) is 0 Å². The summed E-state index contributed by atoms with van der Waals surface area (Å²) in [7, 11) is 0. The Hall–Kier alpha value is -0.720. The first-order valence-electron chi connectivity index (χ1n) is 4.83. The summed E-state index contributed by atoms with van der Waals surface area (Å²) in [6.45, 7) is 2.15. The van der Waals surface area contributed by atoms with E-state index in [1.807, 2.05) is 0 Å². The van der Waals surface area contributed by atoms with E-state index in [4.69, 9.17) is 0 Å². The molecule has 0 N–H and O–H groups in total. The molecule has 0 aromatic heterocycles. The fraction of sp³-hybridized carbons (Fsp3) is 0.636. The lowest BCUT2D eigenvalue weighted by molar-refractivity contribution is 0.349. The third-order valence-electron chi connectivity index (χ3n) is 1.74. The second kappa shape index (κ2) is 10.3. The summed E-state index contributed by atoms with van der Waals surface area (Å²) in [5.41, 5.74) is 0. The van der Waals surface area contributed by atoms with Crippen molar-refractivity contribution in [2.24, 2.45) is 0 Å². The van der Waals surface area contributed by atoms with Gasteiger partial charge in [-0.15, -0.1) is 0 Å². The van der Waals surface area contributed by atoms with Crippen molar-refractivity contribution in [1.29, 1.82) is 0 Å². The minimum Gasteiger partial charge on any atom is -0.299 e. The Kier molecular flexibility index (Phi) is 9.66. The van der Waals surface area contributed by atoms with Crippen LogP contribution in [0.3, 0.4) is 0 Å². The van der Waals surface area contributed by atoms with Gasteiger partial charge in [0.1, 0.15) is 6.26 Å². The van der Waals surface area contributed by atoms with E-state index in [0.717, 1.165) is 25.5 Å². The molecule has 1 nitrogen and oxygen atoms in total. The molecule has 0 aliphatic rings. The van der Waals surface area contributed by atoms with Gasteiger partial charge >= 0.3 is 0 Å². The number of rotatable bonds is 7. The third kappa shape index (κ3) is 9.28. The Bertz CT molecular complexity index is 125. The summed E-state index contributed by atoms with van der Waals surface area (Å²) in [6.07, 6.45) is 13.9. The van der Waals surface area contributed by atoms with Crippen molar-refractivity contribution >= 4 is 0 Å². The van der Waals surface area contributed by atoms with Gasteiger partial charge in [-0.2, -0.15) is 0 Å². The molecule has 0 bridgehead atoms. The van der Waals surface area contributed by atoms with Gasteiger partial charge in [0.2, 0.25) is 0 Å². The zero-order valence-corrected chi connectivity index (χ0v) is 7.96. The standard InChI is InChI=1S/C11H19O/c1-2-3-4-5-6-7-8-9-10-11-12/h3-4,10-11H,2,5-9H2,1H3/b4-3+,11-10+. The smallest absolute Gasteiger partial charge is 0.138 e. The van der Waals surface area contributed by atoms with Crippen LogP contribution in [-0.2, 0) is 5.11 Å². The Labute approximate surface area is 75.8 Å². The average Bonchev–Trinajstić information content (AvgIpc) is 2.10. The van der Waals surface area contributed by atoms with Crippen LogP contribution in [0.15, 0.2) is 24.5 Å². The van der Waals surface area contributed by atoms with Crippen LogP contribution in [0.4, 0.5) is 0 Å². The fourth-order valence-electron chi connectivity index (χ4n) is 1.05. The summed E-state index contributed by atoms with van der Waals surface area (Å²) in [5.74, 6) is 0. The highest BCUT2D eigenvalue weighted by Gasteiger charge is 1.85. The molecule has 69 valence electrons. The lowest BCUT2D eigenvalue weighted by Gasteiger charge is -1.93. The van der Waals surface area contributed by atoms with Gasteiger partial charge in [-0.05, 0) is 38.2 Å². The lowest BCUT2D eigenvalue weighted by Crippen LogP contribution is -1.74. The molecule has 0 amide bonds. The lowest BCUT2D eigenvalue weighted by atomic mass is 10.1. The van der Waals surface area contributed by atoms with Gasteiger partial charge in [-0.1, -0.05) is 25.5 Å². The molecule has 0 saturated heterocycles. The molecular formula is C11H19O. The minimum absolute atomic E-state index is 0.886. The predicted octanol–water partition coefficient (Wildman–Crippen LogP) is 3.85. The largest absolute Gasteiger partial charge is 0.299 e. The zero-order valence-electron chi connectivity index (χ0n) is 7.96. The molecule has 1 heteroatoms. The Morgan fingerprint density at radius 3 is 2.17 bits per heavy atom. The molecule has 0 unspecified atom stereocenters. The van der Waals surface area contributed by atoms with Gasteiger partial charge in [-0.25, -0.2) is 0 Å². The average molecular weight is 167 g/mol. The summed E-state index contributed by atoms with van der Waals surface area (Å²) in [6, 6.07) is 0. The van der Waals surface area contributed by atoms with Crippen molar-refractivity contribution in [3.8, 4) is 0 Å². The highest BCUT2D eigenvalue weighted by atomic mass is 16.2. The fourth-order valence-corrected chi connectivity index (χ4v) is 1.05. The molecule has 0 atom stereocenters. The summed E-state index contributed by atoms with van der Waals surface area (Å²) >= 11 is 0. The summed E-state index contributed by atoms with van der Waals surface area (Å²) < 4.78 is 0. The molecule has 12 heavy (non-hydrogen) atoms. The van der Waals surface area contributed by atoms with E-state index < -0.39 is 0 Å². The van der Waals surface area contributed by atoms with E-state index in [0.29, 0.717) is 0 Å². The number of allylic oxidation sites excluding steroid dienone is 3. The van der Waals surface area contributed by atoms with Crippen molar-refractivity contribution in [1.82, 2.24) is 0 Å². The second-order valence-corrected chi connectivity index (χ2v) is 2.89. The molecule has 0 heterocycles. The first-order valence-corrected chi connectivity index (χ1v) is 4.83. The minimum atomic E-state index is 0.886. The Morgan fingerprint density at radius 2 is 1.58 bits per heavy atom. The molecule has 0 aliphatic heterocycles. The topological polar surface area (TPSA) is 19.9 Å². The highest BCUT2D eigenvalue weighted by molar-refractivity contribution is 4.79. The van der Waals surface area contributed by atoms with Gasteiger partial charge in [0.05, 0.1) is 0 Å². The van der Waals surface area contributed by atoms with Gasteiger partial charge in [0, 0.05) is 0 Å². The van der Waals surface area contributed by atoms with Crippen LogP contribution >= 0.6 is 0 Å². The maximum atomic E-state index is 9.91. The van der Waals surface area contributed by atoms with Crippen LogP contribution in [0.2, 0.25) is 0 Å². The maximum absolute atomic E-state index is 9.91. The van der Waals surface area contributed by atoms with Crippen LogP contribution in [0.1, 0.15) is 45.4 Å². The molecular weight excluding hydrogens is 148 g/mol. The monoisotopic (exact) mass is 167 g/mol. The first kappa shape index (κ1) is 11.3. The molecule has 0 aromatic rings. The van der Waals surface area contributed by atoms with Gasteiger partial charge in [0.25, 0.3) is 0 Å². The third-order valence-corrected chi connectivity index (χ3v) is 1.74. The quantitative estimate of drug-likeness (QED) is 0.312. The molecule has 0 aromatic carbocycles. The van der Waals surface area contributed by atoms with Gasteiger partial charge in [0.15, 0.2) is 0 Å². The molecule has 0 saturated carbocycles.